The Kier molecular flexibility index (Phi) is 8.76. The number of carbonyl (C=O) groups excluding carboxylic acids is 1. The SMILES string of the molecule is C=CCC(c1scc(C#N)c1F)N(CCC)CCNC(=O)OC(C)(C)C. The number of amides is 1. The first-order valence-electron chi connectivity index (χ1n) is 8.72. The molecule has 1 amide bonds. The van der Waals surface area contributed by atoms with Crippen molar-refractivity contribution in [1.29, 1.82) is 5.26 Å². The van der Waals surface area contributed by atoms with Gasteiger partial charge in [0.15, 0.2) is 5.82 Å². The Labute approximate surface area is 159 Å². The first-order chi connectivity index (χ1) is 12.2. The second kappa shape index (κ2) is 10.3. The van der Waals surface area contributed by atoms with Crippen LogP contribution in [0.1, 0.15) is 57.0 Å². The van der Waals surface area contributed by atoms with Gasteiger partial charge in [-0.25, -0.2) is 9.18 Å². The maximum atomic E-state index is 14.5. The number of carbonyl (C=O) groups is 1. The highest BCUT2D eigenvalue weighted by Crippen LogP contribution is 2.33. The van der Waals surface area contributed by atoms with Crippen molar-refractivity contribution in [3.05, 3.63) is 34.3 Å². The summed E-state index contributed by atoms with van der Waals surface area (Å²) in [6.07, 6.45) is 2.73. The number of hydrogen-bond acceptors (Lipinski definition) is 5. The van der Waals surface area contributed by atoms with E-state index in [0.29, 0.717) is 24.4 Å². The van der Waals surface area contributed by atoms with Gasteiger partial charge in [0, 0.05) is 18.5 Å². The summed E-state index contributed by atoms with van der Waals surface area (Å²) >= 11 is 1.25. The maximum absolute atomic E-state index is 14.5. The Morgan fingerprint density at radius 2 is 2.23 bits per heavy atom. The van der Waals surface area contributed by atoms with Crippen LogP contribution in [0.5, 0.6) is 0 Å². The standard InChI is InChI=1S/C19H28FN3O2S/c1-6-8-15(17-16(20)14(12-21)13-26-17)23(10-7-2)11-9-22-18(24)25-19(3,4)5/h6,13,15H,1,7-11H2,2-5H3,(H,22,24). The second-order valence-electron chi connectivity index (χ2n) is 6.94. The first-order valence-corrected chi connectivity index (χ1v) is 9.60. The first kappa shape index (κ1) is 22.1. The van der Waals surface area contributed by atoms with Crippen LogP contribution < -0.4 is 5.32 Å². The highest BCUT2D eigenvalue weighted by molar-refractivity contribution is 7.10. The summed E-state index contributed by atoms with van der Waals surface area (Å²) in [5, 5.41) is 13.3. The minimum absolute atomic E-state index is 0.0717. The highest BCUT2D eigenvalue weighted by atomic mass is 32.1. The van der Waals surface area contributed by atoms with Gasteiger partial charge in [0.05, 0.1) is 16.5 Å². The zero-order valence-electron chi connectivity index (χ0n) is 16.0. The summed E-state index contributed by atoms with van der Waals surface area (Å²) < 4.78 is 19.7. The largest absolute Gasteiger partial charge is 0.444 e. The van der Waals surface area contributed by atoms with Crippen LogP contribution in [0.25, 0.3) is 0 Å². The molecule has 0 bridgehead atoms. The molecule has 0 radical (unpaired) electrons. The molecule has 0 saturated carbocycles. The smallest absolute Gasteiger partial charge is 0.407 e. The lowest BCUT2D eigenvalue weighted by molar-refractivity contribution is 0.0518. The highest BCUT2D eigenvalue weighted by Gasteiger charge is 2.25. The van der Waals surface area contributed by atoms with Gasteiger partial charge in [-0.1, -0.05) is 13.0 Å². The molecule has 7 heteroatoms. The third-order valence-electron chi connectivity index (χ3n) is 3.59. The minimum atomic E-state index is -0.549. The van der Waals surface area contributed by atoms with Crippen molar-refractivity contribution in [3.63, 3.8) is 0 Å². The second-order valence-corrected chi connectivity index (χ2v) is 7.86. The van der Waals surface area contributed by atoms with Crippen molar-refractivity contribution in [1.82, 2.24) is 10.2 Å². The van der Waals surface area contributed by atoms with Crippen molar-refractivity contribution in [2.24, 2.45) is 0 Å². The molecule has 0 aliphatic heterocycles. The Balaban J connectivity index is 2.83. The van der Waals surface area contributed by atoms with Gasteiger partial charge in [0.1, 0.15) is 11.7 Å². The fourth-order valence-corrected chi connectivity index (χ4v) is 3.58. The van der Waals surface area contributed by atoms with E-state index in [-0.39, 0.29) is 11.6 Å². The number of halogens is 1. The van der Waals surface area contributed by atoms with Crippen LogP contribution in [0.4, 0.5) is 9.18 Å². The molecule has 1 unspecified atom stereocenters. The summed E-state index contributed by atoms with van der Waals surface area (Å²) in [5.74, 6) is -0.453. The lowest BCUT2D eigenvalue weighted by Gasteiger charge is -2.30. The van der Waals surface area contributed by atoms with Gasteiger partial charge in [-0.2, -0.15) is 5.26 Å². The summed E-state index contributed by atoms with van der Waals surface area (Å²) in [6.45, 7) is 12.9. The zero-order valence-corrected chi connectivity index (χ0v) is 16.8. The Bertz CT molecular complexity index is 646. The van der Waals surface area contributed by atoms with Crippen LogP contribution in [0, 0.1) is 17.1 Å². The molecule has 1 N–H and O–H groups in total. The van der Waals surface area contributed by atoms with E-state index in [1.165, 1.54) is 11.3 Å². The fraction of sp³-hybridized carbons (Fsp3) is 0.579. The van der Waals surface area contributed by atoms with E-state index in [0.717, 1.165) is 13.0 Å². The van der Waals surface area contributed by atoms with Gasteiger partial charge in [0.25, 0.3) is 0 Å². The van der Waals surface area contributed by atoms with Crippen LogP contribution in [0.15, 0.2) is 18.0 Å². The van der Waals surface area contributed by atoms with Crippen LogP contribution in [0.3, 0.4) is 0 Å². The van der Waals surface area contributed by atoms with Gasteiger partial charge in [0.2, 0.25) is 0 Å². The molecular weight excluding hydrogens is 353 g/mol. The molecule has 1 atom stereocenters. The van der Waals surface area contributed by atoms with E-state index >= 15 is 0 Å². The van der Waals surface area contributed by atoms with Crippen LogP contribution in [-0.2, 0) is 4.74 Å². The average molecular weight is 382 g/mol. The molecule has 5 nitrogen and oxygen atoms in total. The number of thiophene rings is 1. The van der Waals surface area contributed by atoms with E-state index in [2.05, 4.69) is 16.8 Å². The lowest BCUT2D eigenvalue weighted by atomic mass is 10.1. The number of alkyl carbamates (subject to hydrolysis) is 1. The van der Waals surface area contributed by atoms with Crippen LogP contribution in [0.2, 0.25) is 0 Å². The van der Waals surface area contributed by atoms with Crippen LogP contribution >= 0.6 is 11.3 Å². The Morgan fingerprint density at radius 1 is 1.54 bits per heavy atom. The summed E-state index contributed by atoms with van der Waals surface area (Å²) in [4.78, 5) is 14.4. The van der Waals surface area contributed by atoms with Crippen molar-refractivity contribution >= 4 is 17.4 Å². The number of nitrogens with zero attached hydrogens (tertiary/aromatic N) is 2. The molecule has 0 aliphatic rings. The summed E-state index contributed by atoms with van der Waals surface area (Å²) in [7, 11) is 0. The molecule has 1 heterocycles. The fourth-order valence-electron chi connectivity index (χ4n) is 2.57. The zero-order chi connectivity index (χ0) is 19.7. The lowest BCUT2D eigenvalue weighted by Crippen LogP contribution is -2.39. The normalized spacial score (nSPS) is 12.5. The number of hydrogen-bond donors (Lipinski definition) is 1. The number of rotatable bonds is 9. The summed E-state index contributed by atoms with van der Waals surface area (Å²) in [5.41, 5.74) is -0.478. The molecule has 26 heavy (non-hydrogen) atoms. The van der Waals surface area contributed by atoms with Gasteiger partial charge in [-0.15, -0.1) is 17.9 Å². The van der Waals surface area contributed by atoms with Crippen molar-refractivity contribution in [2.75, 3.05) is 19.6 Å². The molecule has 144 valence electrons. The molecule has 0 aliphatic carbocycles. The minimum Gasteiger partial charge on any atom is -0.444 e. The quantitative estimate of drug-likeness (QED) is 0.634. The molecule has 0 fully saturated rings. The van der Waals surface area contributed by atoms with Gasteiger partial charge in [-0.3, -0.25) is 4.90 Å². The third kappa shape index (κ3) is 6.77. The molecule has 1 aromatic heterocycles. The summed E-state index contributed by atoms with van der Waals surface area (Å²) in [6, 6.07) is 1.67. The molecule has 0 aromatic carbocycles. The van der Waals surface area contributed by atoms with E-state index in [1.807, 2.05) is 33.8 Å². The van der Waals surface area contributed by atoms with Gasteiger partial charge in [-0.05, 0) is 40.2 Å². The van der Waals surface area contributed by atoms with E-state index in [9.17, 15) is 9.18 Å². The molecule has 1 rings (SSSR count). The monoisotopic (exact) mass is 381 g/mol. The topological polar surface area (TPSA) is 65.4 Å². The molecular formula is C19H28FN3O2S. The molecule has 1 aromatic rings. The average Bonchev–Trinajstić information content (AvgIpc) is 2.91. The van der Waals surface area contributed by atoms with E-state index in [1.54, 1.807) is 11.5 Å². The van der Waals surface area contributed by atoms with E-state index in [4.69, 9.17) is 10.00 Å². The van der Waals surface area contributed by atoms with Crippen molar-refractivity contribution < 1.29 is 13.9 Å². The predicted molar refractivity (Wildman–Crippen MR) is 103 cm³/mol. The van der Waals surface area contributed by atoms with Gasteiger partial charge >= 0.3 is 6.09 Å². The van der Waals surface area contributed by atoms with Gasteiger partial charge < -0.3 is 10.1 Å². The number of nitriles is 1. The number of nitrogens with one attached hydrogen (secondary N) is 1. The third-order valence-corrected chi connectivity index (χ3v) is 4.65. The predicted octanol–water partition coefficient (Wildman–Crippen LogP) is 4.61. The van der Waals surface area contributed by atoms with Crippen LogP contribution in [-0.4, -0.2) is 36.2 Å². The van der Waals surface area contributed by atoms with Crippen molar-refractivity contribution in [3.8, 4) is 6.07 Å². The number of ether oxygens (including phenoxy) is 1. The molecule has 0 saturated heterocycles. The Morgan fingerprint density at radius 3 is 2.73 bits per heavy atom. The van der Waals surface area contributed by atoms with E-state index < -0.39 is 17.5 Å². The Hall–Kier alpha value is -1.91. The van der Waals surface area contributed by atoms with Crippen molar-refractivity contribution in [2.45, 2.75) is 52.2 Å². The maximum Gasteiger partial charge on any atom is 0.407 e. The molecule has 0 spiro atoms.